The van der Waals surface area contributed by atoms with E-state index < -0.39 is 9.24 Å². The first-order chi connectivity index (χ1) is 7.05. The molecule has 0 spiro atoms. The van der Waals surface area contributed by atoms with E-state index in [9.17, 15) is 8.42 Å². The van der Waals surface area contributed by atoms with Crippen LogP contribution in [0.3, 0.4) is 0 Å². The van der Waals surface area contributed by atoms with Gasteiger partial charge >= 0.3 is 0 Å². The zero-order valence-electron chi connectivity index (χ0n) is 8.60. The molecule has 0 aromatic heterocycles. The van der Waals surface area contributed by atoms with E-state index in [1.54, 1.807) is 0 Å². The third-order valence-electron chi connectivity index (χ3n) is 4.71. The number of rotatable bonds is 1. The molecular weight excluding hydrogens is 234 g/mol. The van der Waals surface area contributed by atoms with Gasteiger partial charge in [-0.2, -0.15) is 12.7 Å². The third-order valence-corrected chi connectivity index (χ3v) is 6.22. The molecule has 0 aromatic rings. The summed E-state index contributed by atoms with van der Waals surface area (Å²) in [5.41, 5.74) is 0. The first kappa shape index (κ1) is 10.4. The molecule has 1 heterocycles. The molecule has 1 saturated heterocycles. The van der Waals surface area contributed by atoms with Crippen LogP contribution in [0.5, 0.6) is 0 Å². The summed E-state index contributed by atoms with van der Waals surface area (Å²) in [6.07, 6.45) is 5.23. The summed E-state index contributed by atoms with van der Waals surface area (Å²) in [5.74, 6) is 2.74. The monoisotopic (exact) mass is 249 g/mol. The molecule has 2 atom stereocenters. The Kier molecular flexibility index (Phi) is 2.31. The first-order valence-corrected chi connectivity index (χ1v) is 8.02. The van der Waals surface area contributed by atoms with E-state index in [4.69, 9.17) is 10.7 Å². The van der Waals surface area contributed by atoms with Gasteiger partial charge in [-0.25, -0.2) is 0 Å². The van der Waals surface area contributed by atoms with Crippen molar-refractivity contribution < 1.29 is 8.42 Å². The summed E-state index contributed by atoms with van der Waals surface area (Å²) < 4.78 is 24.1. The summed E-state index contributed by atoms with van der Waals surface area (Å²) in [5, 5.41) is 0. The van der Waals surface area contributed by atoms with Crippen LogP contribution in [0, 0.1) is 23.7 Å². The highest BCUT2D eigenvalue weighted by Crippen LogP contribution is 2.52. The Labute approximate surface area is 95.3 Å². The Morgan fingerprint density at radius 1 is 0.933 bits per heavy atom. The van der Waals surface area contributed by atoms with Crippen LogP contribution in [0.2, 0.25) is 0 Å². The van der Waals surface area contributed by atoms with Crippen molar-refractivity contribution in [2.45, 2.75) is 25.7 Å². The quantitative estimate of drug-likeness (QED) is 0.665. The molecule has 3 nitrogen and oxygen atoms in total. The topological polar surface area (TPSA) is 37.4 Å². The van der Waals surface area contributed by atoms with Crippen molar-refractivity contribution in [1.29, 1.82) is 0 Å². The average molecular weight is 250 g/mol. The summed E-state index contributed by atoms with van der Waals surface area (Å²) in [4.78, 5) is 0. The van der Waals surface area contributed by atoms with Gasteiger partial charge in [0.05, 0.1) is 0 Å². The van der Waals surface area contributed by atoms with E-state index in [-0.39, 0.29) is 0 Å². The van der Waals surface area contributed by atoms with Gasteiger partial charge in [-0.1, -0.05) is 0 Å². The molecule has 0 radical (unpaired) electrons. The second-order valence-corrected chi connectivity index (χ2v) is 7.77. The van der Waals surface area contributed by atoms with Crippen LogP contribution in [-0.4, -0.2) is 25.8 Å². The van der Waals surface area contributed by atoms with E-state index in [0.29, 0.717) is 24.9 Å². The van der Waals surface area contributed by atoms with E-state index >= 15 is 0 Å². The molecule has 5 heteroatoms. The minimum Gasteiger partial charge on any atom is -0.195 e. The number of halogens is 1. The Morgan fingerprint density at radius 2 is 1.33 bits per heavy atom. The van der Waals surface area contributed by atoms with Gasteiger partial charge in [-0.3, -0.25) is 0 Å². The smallest absolute Gasteiger partial charge is 0.195 e. The lowest BCUT2D eigenvalue weighted by Crippen LogP contribution is -2.38. The fourth-order valence-corrected chi connectivity index (χ4v) is 5.03. The van der Waals surface area contributed by atoms with Gasteiger partial charge in [0.1, 0.15) is 0 Å². The Hall–Kier alpha value is 0.200. The third kappa shape index (κ3) is 1.61. The van der Waals surface area contributed by atoms with Crippen LogP contribution in [0.15, 0.2) is 0 Å². The van der Waals surface area contributed by atoms with Gasteiger partial charge in [-0.15, -0.1) is 0 Å². The number of hydrogen-bond donors (Lipinski definition) is 0. The highest BCUT2D eigenvalue weighted by Gasteiger charge is 2.50. The van der Waals surface area contributed by atoms with E-state index in [2.05, 4.69) is 0 Å². The molecule has 15 heavy (non-hydrogen) atoms. The van der Waals surface area contributed by atoms with Crippen molar-refractivity contribution in [3.63, 3.8) is 0 Å². The predicted molar refractivity (Wildman–Crippen MR) is 58.8 cm³/mol. The van der Waals surface area contributed by atoms with Crippen LogP contribution in [-0.2, 0) is 9.24 Å². The maximum atomic E-state index is 11.3. The molecule has 3 aliphatic carbocycles. The lowest BCUT2D eigenvalue weighted by molar-refractivity contribution is 0.0577. The maximum Gasteiger partial charge on any atom is 0.299 e. The maximum absolute atomic E-state index is 11.3. The first-order valence-electron chi connectivity index (χ1n) is 5.75. The molecule has 4 rings (SSSR count). The van der Waals surface area contributed by atoms with Crippen molar-refractivity contribution in [2.75, 3.05) is 13.1 Å². The van der Waals surface area contributed by atoms with Gasteiger partial charge in [0, 0.05) is 23.8 Å². The lowest BCUT2D eigenvalue weighted by Gasteiger charge is -2.45. The SMILES string of the molecule is O=S(=O)(Cl)N1CC2C3CCC(CC3)C2C1. The zero-order chi connectivity index (χ0) is 10.6. The van der Waals surface area contributed by atoms with Crippen LogP contribution in [0.1, 0.15) is 25.7 Å². The molecule has 0 amide bonds. The summed E-state index contributed by atoms with van der Waals surface area (Å²) >= 11 is 0. The molecule has 86 valence electrons. The van der Waals surface area contributed by atoms with Crippen LogP contribution < -0.4 is 0 Å². The molecule has 2 bridgehead atoms. The largest absolute Gasteiger partial charge is 0.299 e. The molecule has 4 fully saturated rings. The van der Waals surface area contributed by atoms with Crippen LogP contribution in [0.4, 0.5) is 0 Å². The van der Waals surface area contributed by atoms with Crippen molar-refractivity contribution >= 4 is 19.9 Å². The van der Waals surface area contributed by atoms with E-state index in [0.717, 1.165) is 11.8 Å². The average Bonchev–Trinajstić information content (AvgIpc) is 2.64. The molecule has 4 aliphatic rings. The number of fused-ring (bicyclic) bond motifs is 2. The van der Waals surface area contributed by atoms with Crippen molar-refractivity contribution in [3.8, 4) is 0 Å². The molecule has 0 N–H and O–H groups in total. The lowest BCUT2D eigenvalue weighted by atomic mass is 9.60. The highest BCUT2D eigenvalue weighted by atomic mass is 35.7. The number of nitrogens with zero attached hydrogens (tertiary/aromatic N) is 1. The minimum atomic E-state index is -3.47. The van der Waals surface area contributed by atoms with Crippen molar-refractivity contribution in [1.82, 2.24) is 4.31 Å². The highest BCUT2D eigenvalue weighted by molar-refractivity contribution is 8.11. The Balaban J connectivity index is 1.85. The van der Waals surface area contributed by atoms with Gasteiger partial charge in [0.2, 0.25) is 0 Å². The number of hydrogen-bond acceptors (Lipinski definition) is 2. The van der Waals surface area contributed by atoms with E-state index in [1.165, 1.54) is 30.0 Å². The molecule has 0 aromatic carbocycles. The zero-order valence-corrected chi connectivity index (χ0v) is 10.2. The Bertz CT molecular complexity index is 342. The van der Waals surface area contributed by atoms with Crippen molar-refractivity contribution in [2.24, 2.45) is 23.7 Å². The molecule has 3 saturated carbocycles. The van der Waals surface area contributed by atoms with Crippen molar-refractivity contribution in [3.05, 3.63) is 0 Å². The summed E-state index contributed by atoms with van der Waals surface area (Å²) in [6.45, 7) is 1.36. The second kappa shape index (κ2) is 3.34. The predicted octanol–water partition coefficient (Wildman–Crippen LogP) is 1.84. The van der Waals surface area contributed by atoms with E-state index in [1.807, 2.05) is 0 Å². The van der Waals surface area contributed by atoms with Crippen LogP contribution in [0.25, 0.3) is 0 Å². The minimum absolute atomic E-state index is 0.603. The molecule has 2 unspecified atom stereocenters. The molecule has 1 aliphatic heterocycles. The summed E-state index contributed by atoms with van der Waals surface area (Å²) in [7, 11) is 1.94. The second-order valence-electron chi connectivity index (χ2n) is 5.26. The van der Waals surface area contributed by atoms with Crippen LogP contribution >= 0.6 is 10.7 Å². The van der Waals surface area contributed by atoms with Gasteiger partial charge in [-0.05, 0) is 49.4 Å². The fraction of sp³-hybridized carbons (Fsp3) is 1.00. The van der Waals surface area contributed by atoms with Gasteiger partial charge < -0.3 is 0 Å². The van der Waals surface area contributed by atoms with Gasteiger partial charge in [0.25, 0.3) is 9.24 Å². The fourth-order valence-electron chi connectivity index (χ4n) is 3.99. The molecular formula is C10H16ClNO2S. The van der Waals surface area contributed by atoms with Gasteiger partial charge in [0.15, 0.2) is 0 Å². The Morgan fingerprint density at radius 3 is 1.67 bits per heavy atom. The summed E-state index contributed by atoms with van der Waals surface area (Å²) in [6, 6.07) is 0. The normalized spacial score (nSPS) is 45.7. The standard InChI is InChI=1S/C10H16ClNO2S/c11-15(13,14)12-5-9-7-1-2-8(4-3-7)10(9)6-12/h7-10H,1-6H2.